The second-order valence-electron chi connectivity index (χ2n) is 7.89. The lowest BCUT2D eigenvalue weighted by atomic mass is 9.96. The topological polar surface area (TPSA) is 35.6 Å². The van der Waals surface area contributed by atoms with Gasteiger partial charge in [0.1, 0.15) is 0 Å². The van der Waals surface area contributed by atoms with Gasteiger partial charge in [-0.2, -0.15) is 0 Å². The smallest absolute Gasteiger partial charge is 0.234 e. The molecular weight excluding hydrogens is 298 g/mol. The van der Waals surface area contributed by atoms with Gasteiger partial charge in [-0.15, -0.1) is 0 Å². The van der Waals surface area contributed by atoms with E-state index in [0.717, 1.165) is 32.7 Å². The molecule has 0 bridgehead atoms. The third-order valence-electron chi connectivity index (χ3n) is 5.32. The van der Waals surface area contributed by atoms with E-state index in [0.29, 0.717) is 12.5 Å². The Balaban J connectivity index is 1.39. The SMILES string of the molecule is CC(C)CN1CCN(CC(=O)NCC2(c3ccccc3)CC2)CC1. The lowest BCUT2D eigenvalue weighted by molar-refractivity contribution is -0.122. The van der Waals surface area contributed by atoms with Gasteiger partial charge in [0.15, 0.2) is 0 Å². The standard InChI is InChI=1S/C20H31N3O/c1-17(2)14-22-10-12-23(13-11-22)15-19(24)21-16-20(8-9-20)18-6-4-3-5-7-18/h3-7,17H,8-16H2,1-2H3,(H,21,24). The van der Waals surface area contributed by atoms with Crippen LogP contribution in [-0.2, 0) is 10.2 Å². The Morgan fingerprint density at radius 1 is 1.08 bits per heavy atom. The van der Waals surface area contributed by atoms with Gasteiger partial charge >= 0.3 is 0 Å². The number of nitrogens with one attached hydrogen (secondary N) is 1. The van der Waals surface area contributed by atoms with Gasteiger partial charge in [0.2, 0.25) is 5.91 Å². The Morgan fingerprint density at radius 2 is 1.71 bits per heavy atom. The van der Waals surface area contributed by atoms with Crippen molar-refractivity contribution in [2.45, 2.75) is 32.1 Å². The van der Waals surface area contributed by atoms with Crippen LogP contribution < -0.4 is 5.32 Å². The molecule has 132 valence electrons. The molecule has 0 atom stereocenters. The van der Waals surface area contributed by atoms with E-state index in [-0.39, 0.29) is 11.3 Å². The van der Waals surface area contributed by atoms with Crippen LogP contribution >= 0.6 is 0 Å². The Kier molecular flexibility index (Phi) is 5.57. The summed E-state index contributed by atoms with van der Waals surface area (Å²) in [6.07, 6.45) is 2.37. The fourth-order valence-electron chi connectivity index (χ4n) is 3.68. The number of carbonyl (C=O) groups is 1. The van der Waals surface area contributed by atoms with Crippen molar-refractivity contribution in [3.8, 4) is 0 Å². The number of amides is 1. The van der Waals surface area contributed by atoms with Gasteiger partial charge in [-0.1, -0.05) is 44.2 Å². The lowest BCUT2D eigenvalue weighted by Crippen LogP contribution is -2.50. The van der Waals surface area contributed by atoms with Crippen molar-refractivity contribution in [3.05, 3.63) is 35.9 Å². The minimum absolute atomic E-state index is 0.175. The molecule has 2 aliphatic rings. The Morgan fingerprint density at radius 3 is 2.29 bits per heavy atom. The molecule has 3 rings (SSSR count). The van der Waals surface area contributed by atoms with Crippen LogP contribution in [-0.4, -0.2) is 61.5 Å². The maximum Gasteiger partial charge on any atom is 0.234 e. The largest absolute Gasteiger partial charge is 0.354 e. The first-order chi connectivity index (χ1) is 11.6. The fourth-order valence-corrected chi connectivity index (χ4v) is 3.68. The van der Waals surface area contributed by atoms with Crippen LogP contribution in [0.3, 0.4) is 0 Å². The molecule has 4 heteroatoms. The highest BCUT2D eigenvalue weighted by Crippen LogP contribution is 2.47. The molecule has 1 amide bonds. The first kappa shape index (κ1) is 17.4. The molecule has 1 aliphatic heterocycles. The van der Waals surface area contributed by atoms with E-state index in [4.69, 9.17) is 0 Å². The molecule has 1 saturated heterocycles. The second-order valence-corrected chi connectivity index (χ2v) is 7.89. The molecule has 1 saturated carbocycles. The maximum absolute atomic E-state index is 12.3. The van der Waals surface area contributed by atoms with Gasteiger partial charge in [0.05, 0.1) is 6.54 Å². The monoisotopic (exact) mass is 329 g/mol. The maximum atomic E-state index is 12.3. The zero-order valence-electron chi connectivity index (χ0n) is 15.1. The fraction of sp³-hybridized carbons (Fsp3) is 0.650. The van der Waals surface area contributed by atoms with Crippen LogP contribution in [0.4, 0.5) is 0 Å². The lowest BCUT2D eigenvalue weighted by Gasteiger charge is -2.35. The highest BCUT2D eigenvalue weighted by molar-refractivity contribution is 5.78. The van der Waals surface area contributed by atoms with Gasteiger partial charge in [-0.3, -0.25) is 9.69 Å². The molecule has 1 heterocycles. The zero-order chi connectivity index (χ0) is 17.0. The predicted molar refractivity (Wildman–Crippen MR) is 98.1 cm³/mol. The molecule has 0 unspecified atom stereocenters. The first-order valence-corrected chi connectivity index (χ1v) is 9.34. The summed E-state index contributed by atoms with van der Waals surface area (Å²) < 4.78 is 0. The number of hydrogen-bond acceptors (Lipinski definition) is 3. The van der Waals surface area contributed by atoms with E-state index in [2.05, 4.69) is 59.3 Å². The molecule has 0 radical (unpaired) electrons. The van der Waals surface area contributed by atoms with Crippen LogP contribution in [0, 0.1) is 5.92 Å². The number of hydrogen-bond donors (Lipinski definition) is 1. The summed E-state index contributed by atoms with van der Waals surface area (Å²) in [6, 6.07) is 10.6. The minimum atomic E-state index is 0.175. The highest BCUT2D eigenvalue weighted by Gasteiger charge is 2.44. The molecule has 2 fully saturated rings. The van der Waals surface area contributed by atoms with E-state index in [1.807, 2.05) is 0 Å². The average Bonchev–Trinajstić information content (AvgIpc) is 3.37. The third-order valence-corrected chi connectivity index (χ3v) is 5.32. The van der Waals surface area contributed by atoms with Crippen LogP contribution in [0.2, 0.25) is 0 Å². The van der Waals surface area contributed by atoms with Gasteiger partial charge in [-0.25, -0.2) is 0 Å². The minimum Gasteiger partial charge on any atom is -0.354 e. The number of rotatable bonds is 7. The number of benzene rings is 1. The van der Waals surface area contributed by atoms with E-state index in [1.54, 1.807) is 0 Å². The summed E-state index contributed by atoms with van der Waals surface area (Å²) in [6.45, 7) is 11.2. The molecule has 1 N–H and O–H groups in total. The summed E-state index contributed by atoms with van der Waals surface area (Å²) in [5, 5.41) is 3.18. The van der Waals surface area contributed by atoms with E-state index < -0.39 is 0 Å². The summed E-state index contributed by atoms with van der Waals surface area (Å²) in [4.78, 5) is 17.1. The Hall–Kier alpha value is -1.39. The van der Waals surface area contributed by atoms with E-state index >= 15 is 0 Å². The molecule has 0 aromatic heterocycles. The van der Waals surface area contributed by atoms with Crippen molar-refractivity contribution in [1.29, 1.82) is 0 Å². The van der Waals surface area contributed by atoms with Gasteiger partial charge in [0, 0.05) is 44.7 Å². The van der Waals surface area contributed by atoms with Crippen molar-refractivity contribution in [2.24, 2.45) is 5.92 Å². The molecule has 1 aromatic rings. The molecule has 24 heavy (non-hydrogen) atoms. The van der Waals surface area contributed by atoms with Crippen LogP contribution in [0.5, 0.6) is 0 Å². The zero-order valence-corrected chi connectivity index (χ0v) is 15.1. The molecule has 1 aromatic carbocycles. The summed E-state index contributed by atoms with van der Waals surface area (Å²) >= 11 is 0. The van der Waals surface area contributed by atoms with E-state index in [1.165, 1.54) is 24.9 Å². The van der Waals surface area contributed by atoms with Crippen molar-refractivity contribution in [3.63, 3.8) is 0 Å². The third kappa shape index (κ3) is 4.58. The Bertz CT molecular complexity index is 531. The predicted octanol–water partition coefficient (Wildman–Crippen LogP) is 2.11. The van der Waals surface area contributed by atoms with Crippen LogP contribution in [0.15, 0.2) is 30.3 Å². The first-order valence-electron chi connectivity index (χ1n) is 9.34. The van der Waals surface area contributed by atoms with Crippen molar-refractivity contribution < 1.29 is 4.79 Å². The quantitative estimate of drug-likeness (QED) is 0.832. The van der Waals surface area contributed by atoms with Crippen molar-refractivity contribution >= 4 is 5.91 Å². The summed E-state index contributed by atoms with van der Waals surface area (Å²) in [5.41, 5.74) is 1.57. The summed E-state index contributed by atoms with van der Waals surface area (Å²) in [5.74, 6) is 0.891. The number of carbonyl (C=O) groups excluding carboxylic acids is 1. The number of piperazine rings is 1. The summed E-state index contributed by atoms with van der Waals surface area (Å²) in [7, 11) is 0. The van der Waals surface area contributed by atoms with Gasteiger partial charge < -0.3 is 10.2 Å². The molecule has 1 aliphatic carbocycles. The molecule has 0 spiro atoms. The Labute approximate surface area is 146 Å². The van der Waals surface area contributed by atoms with E-state index in [9.17, 15) is 4.79 Å². The number of nitrogens with zero attached hydrogens (tertiary/aromatic N) is 2. The molecular formula is C20H31N3O. The van der Waals surface area contributed by atoms with Gasteiger partial charge in [-0.05, 0) is 24.3 Å². The van der Waals surface area contributed by atoms with Gasteiger partial charge in [0.25, 0.3) is 0 Å². The molecule has 4 nitrogen and oxygen atoms in total. The van der Waals surface area contributed by atoms with Crippen molar-refractivity contribution in [2.75, 3.05) is 45.8 Å². The normalized spacial score (nSPS) is 21.0. The second kappa shape index (κ2) is 7.66. The van der Waals surface area contributed by atoms with Crippen LogP contribution in [0.25, 0.3) is 0 Å². The van der Waals surface area contributed by atoms with Crippen LogP contribution in [0.1, 0.15) is 32.3 Å². The average molecular weight is 329 g/mol. The van der Waals surface area contributed by atoms with Crippen molar-refractivity contribution in [1.82, 2.24) is 15.1 Å². The highest BCUT2D eigenvalue weighted by atomic mass is 16.2.